The van der Waals surface area contributed by atoms with Crippen LogP contribution >= 0.6 is 0 Å². The normalized spacial score (nSPS) is 14.2. The van der Waals surface area contributed by atoms with Crippen molar-refractivity contribution >= 4 is 23.3 Å². The Kier molecular flexibility index (Phi) is 5.74. The highest BCUT2D eigenvalue weighted by Gasteiger charge is 2.19. The summed E-state index contributed by atoms with van der Waals surface area (Å²) in [7, 11) is 0. The lowest BCUT2D eigenvalue weighted by molar-refractivity contribution is 0.244. The van der Waals surface area contributed by atoms with E-state index in [1.807, 2.05) is 62.5 Å². The van der Waals surface area contributed by atoms with Gasteiger partial charge in [-0.15, -0.1) is 0 Å². The summed E-state index contributed by atoms with van der Waals surface area (Å²) in [5.41, 5.74) is 0.860. The molecule has 0 radical (unpaired) electrons. The summed E-state index contributed by atoms with van der Waals surface area (Å²) in [5.74, 6) is 3.30. The lowest BCUT2D eigenvalue weighted by Crippen LogP contribution is -2.47. The van der Waals surface area contributed by atoms with Gasteiger partial charge in [0.15, 0.2) is 0 Å². The second kappa shape index (κ2) is 8.77. The van der Waals surface area contributed by atoms with E-state index in [1.54, 1.807) is 6.20 Å². The van der Waals surface area contributed by atoms with Crippen molar-refractivity contribution in [3.63, 3.8) is 0 Å². The highest BCUT2D eigenvalue weighted by Crippen LogP contribution is 2.27. The molecule has 150 valence electrons. The second-order valence-electron chi connectivity index (χ2n) is 7.19. The number of anilines is 4. The molecule has 3 heterocycles. The Bertz CT molecular complexity index is 925. The molecule has 1 saturated heterocycles. The molecular formula is C22H26N6O. The van der Waals surface area contributed by atoms with E-state index in [-0.39, 0.29) is 6.10 Å². The van der Waals surface area contributed by atoms with Gasteiger partial charge in [-0.25, -0.2) is 9.97 Å². The van der Waals surface area contributed by atoms with Gasteiger partial charge < -0.3 is 19.9 Å². The summed E-state index contributed by atoms with van der Waals surface area (Å²) in [6.45, 7) is 7.63. The van der Waals surface area contributed by atoms with Gasteiger partial charge in [0.05, 0.1) is 11.8 Å². The van der Waals surface area contributed by atoms with E-state index in [1.165, 1.54) is 0 Å². The molecule has 4 rings (SSSR count). The van der Waals surface area contributed by atoms with Gasteiger partial charge >= 0.3 is 0 Å². The van der Waals surface area contributed by atoms with Gasteiger partial charge in [-0.3, -0.25) is 0 Å². The Hall–Kier alpha value is -3.35. The molecule has 3 aromatic rings. The van der Waals surface area contributed by atoms with Crippen LogP contribution in [0.4, 0.5) is 23.3 Å². The fraction of sp³-hybridized carbons (Fsp3) is 0.318. The number of pyridine rings is 1. The number of rotatable bonds is 6. The fourth-order valence-corrected chi connectivity index (χ4v) is 3.34. The van der Waals surface area contributed by atoms with Gasteiger partial charge in [0.25, 0.3) is 0 Å². The Morgan fingerprint density at radius 1 is 0.828 bits per heavy atom. The summed E-state index contributed by atoms with van der Waals surface area (Å²) in [5, 5.41) is 3.30. The van der Waals surface area contributed by atoms with Gasteiger partial charge in [0, 0.05) is 38.6 Å². The van der Waals surface area contributed by atoms with E-state index < -0.39 is 0 Å². The first-order valence-corrected chi connectivity index (χ1v) is 9.96. The molecule has 1 aromatic carbocycles. The Balaban J connectivity index is 1.44. The average molecular weight is 390 g/mol. The van der Waals surface area contributed by atoms with Crippen LogP contribution in [0.5, 0.6) is 5.75 Å². The van der Waals surface area contributed by atoms with Crippen LogP contribution in [0, 0.1) is 0 Å². The van der Waals surface area contributed by atoms with Crippen LogP contribution in [0.2, 0.25) is 0 Å². The molecule has 7 heteroatoms. The van der Waals surface area contributed by atoms with Crippen molar-refractivity contribution in [1.82, 2.24) is 15.0 Å². The third-order valence-electron chi connectivity index (χ3n) is 4.71. The van der Waals surface area contributed by atoms with Crippen LogP contribution in [0.1, 0.15) is 13.8 Å². The minimum Gasteiger partial charge on any atom is -0.489 e. The van der Waals surface area contributed by atoms with Crippen molar-refractivity contribution in [2.24, 2.45) is 0 Å². The fourth-order valence-electron chi connectivity index (χ4n) is 3.34. The van der Waals surface area contributed by atoms with Crippen molar-refractivity contribution < 1.29 is 4.74 Å². The van der Waals surface area contributed by atoms with Crippen LogP contribution in [0.15, 0.2) is 60.9 Å². The molecule has 0 saturated carbocycles. The van der Waals surface area contributed by atoms with Crippen LogP contribution in [-0.2, 0) is 0 Å². The van der Waals surface area contributed by atoms with E-state index in [9.17, 15) is 0 Å². The quantitative estimate of drug-likeness (QED) is 0.688. The van der Waals surface area contributed by atoms with Gasteiger partial charge in [-0.05, 0) is 44.2 Å². The van der Waals surface area contributed by atoms with Gasteiger partial charge in [0.2, 0.25) is 5.95 Å². The van der Waals surface area contributed by atoms with Gasteiger partial charge in [0.1, 0.15) is 17.4 Å². The molecule has 0 unspecified atom stereocenters. The highest BCUT2D eigenvalue weighted by atomic mass is 16.5. The third-order valence-corrected chi connectivity index (χ3v) is 4.71. The summed E-state index contributed by atoms with van der Waals surface area (Å²) in [6.07, 6.45) is 3.73. The zero-order chi connectivity index (χ0) is 20.1. The molecule has 0 bridgehead atoms. The van der Waals surface area contributed by atoms with Crippen molar-refractivity contribution in [2.45, 2.75) is 20.0 Å². The smallest absolute Gasteiger partial charge is 0.229 e. The zero-order valence-corrected chi connectivity index (χ0v) is 16.8. The lowest BCUT2D eigenvalue weighted by Gasteiger charge is -2.36. The van der Waals surface area contributed by atoms with Crippen LogP contribution < -0.4 is 19.9 Å². The third kappa shape index (κ3) is 4.74. The van der Waals surface area contributed by atoms with Crippen molar-refractivity contribution in [3.8, 4) is 5.75 Å². The first kappa shape index (κ1) is 19.0. The summed E-state index contributed by atoms with van der Waals surface area (Å²) in [4.78, 5) is 18.1. The zero-order valence-electron chi connectivity index (χ0n) is 16.8. The first-order chi connectivity index (χ1) is 14.2. The minimum atomic E-state index is 0.0978. The van der Waals surface area contributed by atoms with Crippen molar-refractivity contribution in [2.75, 3.05) is 41.3 Å². The molecule has 0 amide bonds. The first-order valence-electron chi connectivity index (χ1n) is 9.96. The topological polar surface area (TPSA) is 66.4 Å². The number of benzene rings is 1. The maximum absolute atomic E-state index is 5.88. The predicted molar refractivity (Wildman–Crippen MR) is 116 cm³/mol. The SMILES string of the molecule is CC(C)Oc1ccccc1Nc1nccc(N2CCN(c3ccccn3)CC2)n1. The van der Waals surface area contributed by atoms with Crippen LogP contribution in [0.3, 0.4) is 0 Å². The van der Waals surface area contributed by atoms with Gasteiger partial charge in [-0.1, -0.05) is 18.2 Å². The van der Waals surface area contributed by atoms with E-state index in [0.29, 0.717) is 5.95 Å². The van der Waals surface area contributed by atoms with Crippen LogP contribution in [-0.4, -0.2) is 47.2 Å². The number of para-hydroxylation sites is 2. The number of hydrogen-bond donors (Lipinski definition) is 1. The summed E-state index contributed by atoms with van der Waals surface area (Å²) >= 11 is 0. The molecule has 1 aliphatic heterocycles. The Labute approximate surface area is 171 Å². The minimum absolute atomic E-state index is 0.0978. The van der Waals surface area contributed by atoms with Crippen molar-refractivity contribution in [1.29, 1.82) is 0 Å². The predicted octanol–water partition coefficient (Wildman–Crippen LogP) is 3.73. The number of hydrogen-bond acceptors (Lipinski definition) is 7. The number of piperazine rings is 1. The monoisotopic (exact) mass is 390 g/mol. The summed E-state index contributed by atoms with van der Waals surface area (Å²) in [6, 6.07) is 15.8. The molecule has 7 nitrogen and oxygen atoms in total. The van der Waals surface area contributed by atoms with E-state index in [4.69, 9.17) is 9.72 Å². The maximum Gasteiger partial charge on any atom is 0.229 e. The second-order valence-corrected chi connectivity index (χ2v) is 7.19. The number of aromatic nitrogens is 3. The molecule has 1 fully saturated rings. The molecular weight excluding hydrogens is 364 g/mol. The molecule has 0 aliphatic carbocycles. The van der Waals surface area contributed by atoms with Gasteiger partial charge in [-0.2, -0.15) is 4.98 Å². The number of nitrogens with zero attached hydrogens (tertiary/aromatic N) is 5. The van der Waals surface area contributed by atoms with E-state index in [0.717, 1.165) is 49.3 Å². The Morgan fingerprint density at radius 2 is 1.55 bits per heavy atom. The average Bonchev–Trinajstić information content (AvgIpc) is 2.76. The van der Waals surface area contributed by atoms with Crippen molar-refractivity contribution in [3.05, 3.63) is 60.9 Å². The molecule has 2 aromatic heterocycles. The largest absolute Gasteiger partial charge is 0.489 e. The summed E-state index contributed by atoms with van der Waals surface area (Å²) < 4.78 is 5.88. The number of ether oxygens (including phenoxy) is 1. The van der Waals surface area contributed by atoms with E-state index in [2.05, 4.69) is 31.2 Å². The molecule has 1 N–H and O–H groups in total. The lowest BCUT2D eigenvalue weighted by atomic mass is 10.3. The molecule has 1 aliphatic rings. The number of nitrogens with one attached hydrogen (secondary N) is 1. The molecule has 0 atom stereocenters. The highest BCUT2D eigenvalue weighted by molar-refractivity contribution is 5.63. The Morgan fingerprint density at radius 3 is 2.28 bits per heavy atom. The van der Waals surface area contributed by atoms with E-state index >= 15 is 0 Å². The van der Waals surface area contributed by atoms with Crippen LogP contribution in [0.25, 0.3) is 0 Å². The molecule has 0 spiro atoms. The molecule has 29 heavy (non-hydrogen) atoms. The standard InChI is InChI=1S/C22H26N6O/c1-17(2)29-19-8-4-3-7-18(19)25-22-24-12-10-21(26-22)28-15-13-27(14-16-28)20-9-5-6-11-23-20/h3-12,17H,13-16H2,1-2H3,(H,24,25,26). The maximum atomic E-state index is 5.88.